The van der Waals surface area contributed by atoms with E-state index >= 15 is 0 Å². The molecule has 0 radical (unpaired) electrons. The summed E-state index contributed by atoms with van der Waals surface area (Å²) in [6.45, 7) is 2.33. The van der Waals surface area contributed by atoms with Gasteiger partial charge in [-0.05, 0) is 72.7 Å². The van der Waals surface area contributed by atoms with E-state index in [9.17, 15) is 18.7 Å². The van der Waals surface area contributed by atoms with Crippen LogP contribution in [0.2, 0.25) is 0 Å². The molecule has 1 saturated carbocycles. The Labute approximate surface area is 172 Å². The highest BCUT2D eigenvalue weighted by molar-refractivity contribution is 5.94. The van der Waals surface area contributed by atoms with Gasteiger partial charge in [0.15, 0.2) is 0 Å². The van der Waals surface area contributed by atoms with Gasteiger partial charge in [0.25, 0.3) is 0 Å². The van der Waals surface area contributed by atoms with Crippen molar-refractivity contribution < 1.29 is 23.4 Å². The summed E-state index contributed by atoms with van der Waals surface area (Å²) in [6.07, 6.45) is 3.53. The fraction of sp³-hybridized carbons (Fsp3) is 0.217. The Bertz CT molecular complexity index is 1090. The number of nitrogens with one attached hydrogen (secondary N) is 1. The second-order valence-corrected chi connectivity index (χ2v) is 7.14. The van der Waals surface area contributed by atoms with Crippen molar-refractivity contribution in [2.75, 3.05) is 11.9 Å². The predicted molar refractivity (Wildman–Crippen MR) is 109 cm³/mol. The molecule has 3 aromatic rings. The third kappa shape index (κ3) is 4.10. The van der Waals surface area contributed by atoms with E-state index in [0.29, 0.717) is 29.4 Å². The van der Waals surface area contributed by atoms with Crippen LogP contribution in [-0.2, 0) is 0 Å². The maximum absolute atomic E-state index is 14.8. The van der Waals surface area contributed by atoms with Crippen molar-refractivity contribution in [3.05, 3.63) is 71.4 Å². The van der Waals surface area contributed by atoms with Crippen molar-refractivity contribution in [1.29, 1.82) is 0 Å². The number of hydrogen-bond donors (Lipinski definition) is 2. The first-order chi connectivity index (χ1) is 14.5. The number of rotatable bonds is 7. The van der Waals surface area contributed by atoms with Gasteiger partial charge in [0.05, 0.1) is 6.61 Å². The van der Waals surface area contributed by atoms with Crippen LogP contribution in [0.15, 0.2) is 48.7 Å². The lowest BCUT2D eigenvalue weighted by Crippen LogP contribution is -2.08. The van der Waals surface area contributed by atoms with Gasteiger partial charge >= 0.3 is 5.97 Å². The molecule has 0 amide bonds. The molecule has 0 saturated heterocycles. The fourth-order valence-corrected chi connectivity index (χ4v) is 3.29. The van der Waals surface area contributed by atoms with Gasteiger partial charge in [-0.3, -0.25) is 0 Å². The average Bonchev–Trinajstić information content (AvgIpc) is 3.56. The molecule has 0 unspecified atom stereocenters. The molecule has 154 valence electrons. The molecule has 0 spiro atoms. The molecule has 1 heterocycles. The van der Waals surface area contributed by atoms with Crippen molar-refractivity contribution in [2.24, 2.45) is 0 Å². The number of pyridine rings is 1. The third-order valence-corrected chi connectivity index (χ3v) is 4.95. The Morgan fingerprint density at radius 2 is 1.90 bits per heavy atom. The van der Waals surface area contributed by atoms with E-state index in [1.165, 1.54) is 18.2 Å². The van der Waals surface area contributed by atoms with Gasteiger partial charge in [-0.25, -0.2) is 18.6 Å². The van der Waals surface area contributed by atoms with Crippen LogP contribution < -0.4 is 10.1 Å². The summed E-state index contributed by atoms with van der Waals surface area (Å²) in [5.41, 5.74) is 1.19. The number of carboxylic acid groups (broad SMARTS) is 1. The predicted octanol–water partition coefficient (Wildman–Crippen LogP) is 5.74. The van der Waals surface area contributed by atoms with E-state index in [1.54, 1.807) is 30.5 Å². The molecule has 1 aromatic heterocycles. The smallest absolute Gasteiger partial charge is 0.339 e. The van der Waals surface area contributed by atoms with E-state index in [0.717, 1.165) is 18.4 Å². The van der Waals surface area contributed by atoms with Crippen LogP contribution in [-0.4, -0.2) is 22.7 Å². The van der Waals surface area contributed by atoms with Gasteiger partial charge in [-0.1, -0.05) is 12.1 Å². The molecule has 1 aliphatic rings. The van der Waals surface area contributed by atoms with Crippen molar-refractivity contribution in [3.63, 3.8) is 0 Å². The van der Waals surface area contributed by atoms with E-state index in [2.05, 4.69) is 10.3 Å². The number of aromatic nitrogens is 1. The second-order valence-electron chi connectivity index (χ2n) is 7.14. The minimum atomic E-state index is -1.21. The van der Waals surface area contributed by atoms with E-state index in [-0.39, 0.29) is 11.4 Å². The van der Waals surface area contributed by atoms with Gasteiger partial charge in [-0.2, -0.15) is 0 Å². The van der Waals surface area contributed by atoms with Gasteiger partial charge in [0, 0.05) is 6.20 Å². The van der Waals surface area contributed by atoms with Gasteiger partial charge in [0.2, 0.25) is 0 Å². The Balaban J connectivity index is 1.66. The van der Waals surface area contributed by atoms with E-state index < -0.39 is 23.3 Å². The van der Waals surface area contributed by atoms with Crippen molar-refractivity contribution in [1.82, 2.24) is 4.98 Å². The van der Waals surface area contributed by atoms with E-state index in [1.807, 2.05) is 6.92 Å². The molecular formula is C23H20F2N2O3. The number of benzene rings is 2. The molecule has 5 nitrogen and oxygen atoms in total. The Kier molecular flexibility index (Phi) is 5.35. The lowest BCUT2D eigenvalue weighted by Gasteiger charge is -2.13. The van der Waals surface area contributed by atoms with Crippen LogP contribution in [0.3, 0.4) is 0 Å². The summed E-state index contributed by atoms with van der Waals surface area (Å²) in [7, 11) is 0. The van der Waals surface area contributed by atoms with Gasteiger partial charge in [-0.15, -0.1) is 0 Å². The Morgan fingerprint density at radius 1 is 1.17 bits per heavy atom. The number of anilines is 2. The molecule has 7 heteroatoms. The highest BCUT2D eigenvalue weighted by Crippen LogP contribution is 2.41. The number of aromatic carboxylic acids is 1. The summed E-state index contributed by atoms with van der Waals surface area (Å²) in [4.78, 5) is 15.7. The molecular weight excluding hydrogens is 390 g/mol. The zero-order chi connectivity index (χ0) is 21.3. The SMILES string of the molecule is CCOc1cccc(-c2cc(F)c(Nc3ncc(C4CC4)cc3C(=O)O)c(F)c2)c1. The number of carbonyl (C=O) groups is 1. The monoisotopic (exact) mass is 410 g/mol. The third-order valence-electron chi connectivity index (χ3n) is 4.95. The zero-order valence-corrected chi connectivity index (χ0v) is 16.3. The Hall–Kier alpha value is -3.48. The first-order valence-electron chi connectivity index (χ1n) is 9.68. The van der Waals surface area contributed by atoms with Crippen LogP contribution in [0.25, 0.3) is 11.1 Å². The largest absolute Gasteiger partial charge is 0.494 e. The molecule has 1 fully saturated rings. The normalized spacial score (nSPS) is 13.2. The van der Waals surface area contributed by atoms with Crippen LogP contribution in [0.5, 0.6) is 5.75 Å². The minimum absolute atomic E-state index is 0.101. The van der Waals surface area contributed by atoms with Crippen LogP contribution in [0, 0.1) is 11.6 Å². The minimum Gasteiger partial charge on any atom is -0.494 e. The summed E-state index contributed by atoms with van der Waals surface area (Å²) in [5, 5.41) is 12.0. The van der Waals surface area contributed by atoms with Gasteiger partial charge in [0.1, 0.15) is 34.5 Å². The molecule has 2 aromatic carbocycles. The molecule has 1 aliphatic carbocycles. The number of nitrogens with zero attached hydrogens (tertiary/aromatic N) is 1. The number of carboxylic acids is 1. The second kappa shape index (κ2) is 8.10. The van der Waals surface area contributed by atoms with E-state index in [4.69, 9.17) is 4.74 Å². The van der Waals surface area contributed by atoms with Crippen molar-refractivity contribution in [2.45, 2.75) is 25.7 Å². The number of halogens is 2. The molecule has 0 bridgehead atoms. The van der Waals surface area contributed by atoms with Gasteiger partial charge < -0.3 is 15.2 Å². The molecule has 0 atom stereocenters. The molecule has 30 heavy (non-hydrogen) atoms. The average molecular weight is 410 g/mol. The first-order valence-corrected chi connectivity index (χ1v) is 9.68. The van der Waals surface area contributed by atoms with Crippen LogP contribution in [0.4, 0.5) is 20.3 Å². The zero-order valence-electron chi connectivity index (χ0n) is 16.3. The topological polar surface area (TPSA) is 71.5 Å². The summed E-state index contributed by atoms with van der Waals surface area (Å²) in [5.74, 6) is -2.10. The standard InChI is InChI=1S/C23H20F2N2O3/c1-2-30-17-5-3-4-14(8-17)15-10-19(24)21(20(25)11-15)27-22-18(23(28)29)9-16(12-26-22)13-6-7-13/h3-5,8-13H,2,6-7H2,1H3,(H,26,27)(H,28,29). The lowest BCUT2D eigenvalue weighted by molar-refractivity contribution is 0.0697. The maximum atomic E-state index is 14.8. The van der Waals surface area contributed by atoms with Crippen LogP contribution >= 0.6 is 0 Å². The quantitative estimate of drug-likeness (QED) is 0.519. The fourth-order valence-electron chi connectivity index (χ4n) is 3.29. The first kappa shape index (κ1) is 19.8. The Morgan fingerprint density at radius 3 is 2.53 bits per heavy atom. The highest BCUT2D eigenvalue weighted by Gasteiger charge is 2.26. The maximum Gasteiger partial charge on any atom is 0.339 e. The van der Waals surface area contributed by atoms with Crippen molar-refractivity contribution >= 4 is 17.5 Å². The summed E-state index contributed by atoms with van der Waals surface area (Å²) in [6, 6.07) is 10.8. The lowest BCUT2D eigenvalue weighted by atomic mass is 10.0. The number of hydrogen-bond acceptors (Lipinski definition) is 4. The highest BCUT2D eigenvalue weighted by atomic mass is 19.1. The molecule has 4 rings (SSSR count). The molecule has 2 N–H and O–H groups in total. The van der Waals surface area contributed by atoms with Crippen molar-refractivity contribution in [3.8, 4) is 16.9 Å². The molecule has 0 aliphatic heterocycles. The summed E-state index contributed by atoms with van der Waals surface area (Å²) >= 11 is 0. The number of ether oxygens (including phenoxy) is 1. The van der Waals surface area contributed by atoms with Crippen LogP contribution in [0.1, 0.15) is 41.6 Å². The summed E-state index contributed by atoms with van der Waals surface area (Å²) < 4.78 is 35.0.